The van der Waals surface area contributed by atoms with Crippen molar-refractivity contribution in [3.8, 4) is 0 Å². The minimum atomic E-state index is -0.512. The summed E-state index contributed by atoms with van der Waals surface area (Å²) in [6, 6.07) is 9.22. The fourth-order valence-electron chi connectivity index (χ4n) is 1.90. The van der Waals surface area contributed by atoms with Crippen molar-refractivity contribution >= 4 is 34.4 Å². The van der Waals surface area contributed by atoms with Gasteiger partial charge in [0, 0.05) is 13.0 Å². The van der Waals surface area contributed by atoms with E-state index in [9.17, 15) is 9.59 Å². The Hall–Kier alpha value is -1.11. The Morgan fingerprint density at radius 1 is 1.19 bits per heavy atom. The lowest BCUT2D eigenvalue weighted by atomic mass is 10.0. The third kappa shape index (κ3) is 7.45. The lowest BCUT2D eigenvalue weighted by Crippen LogP contribution is -2.48. The largest absolute Gasteiger partial charge is 0.354 e. The Bertz CT molecular complexity index is 449. The Labute approximate surface area is 140 Å². The van der Waals surface area contributed by atoms with Crippen molar-refractivity contribution in [3.63, 3.8) is 0 Å². The maximum absolute atomic E-state index is 12.3. The molecule has 4 nitrogen and oxygen atoms in total. The van der Waals surface area contributed by atoms with Gasteiger partial charge in [0.25, 0.3) is 0 Å². The smallest absolute Gasteiger partial charge is 0.242 e. The van der Waals surface area contributed by atoms with Crippen molar-refractivity contribution in [1.82, 2.24) is 10.6 Å². The van der Waals surface area contributed by atoms with Gasteiger partial charge in [0.2, 0.25) is 11.8 Å². The molecule has 21 heavy (non-hydrogen) atoms. The number of nitrogens with one attached hydrogen (secondary N) is 2. The summed E-state index contributed by atoms with van der Waals surface area (Å²) >= 11 is 1.99. The summed E-state index contributed by atoms with van der Waals surface area (Å²) in [6.07, 6.45) is 1.45. The van der Waals surface area contributed by atoms with E-state index in [0.717, 1.165) is 12.0 Å². The van der Waals surface area contributed by atoms with E-state index in [1.165, 1.54) is 0 Å². The summed E-state index contributed by atoms with van der Waals surface area (Å²) in [5.41, 5.74) is 1.04. The van der Waals surface area contributed by atoms with Gasteiger partial charge in [0.15, 0.2) is 0 Å². The van der Waals surface area contributed by atoms with Crippen LogP contribution in [0.5, 0.6) is 0 Å². The van der Waals surface area contributed by atoms with Gasteiger partial charge >= 0.3 is 0 Å². The number of benzene rings is 1. The number of carbonyl (C=O) groups excluding carboxylic acids is 2. The maximum Gasteiger partial charge on any atom is 0.242 e. The molecule has 0 bridgehead atoms. The predicted molar refractivity (Wildman–Crippen MR) is 93.4 cm³/mol. The molecule has 0 unspecified atom stereocenters. The minimum absolute atomic E-state index is 0.113. The molecule has 0 saturated carbocycles. The van der Waals surface area contributed by atoms with Crippen LogP contribution in [0.15, 0.2) is 30.3 Å². The van der Waals surface area contributed by atoms with Crippen LogP contribution in [0.2, 0.25) is 0 Å². The highest BCUT2D eigenvalue weighted by Gasteiger charge is 2.20. The SMILES string of the molecule is CC(C)CCNC(=O)[C@H](Cc1ccccc1)NC(=O)CI. The number of hydrogen-bond acceptors (Lipinski definition) is 2. The summed E-state index contributed by atoms with van der Waals surface area (Å²) in [5.74, 6) is 0.315. The molecule has 0 aliphatic rings. The summed E-state index contributed by atoms with van der Waals surface area (Å²) < 4.78 is 0.350. The van der Waals surface area contributed by atoms with Gasteiger partial charge < -0.3 is 10.6 Å². The fraction of sp³-hybridized carbons (Fsp3) is 0.500. The van der Waals surface area contributed by atoms with Crippen LogP contribution in [0.3, 0.4) is 0 Å². The van der Waals surface area contributed by atoms with Crippen molar-refractivity contribution in [2.45, 2.75) is 32.7 Å². The Kier molecular flexibility index (Phi) is 8.34. The van der Waals surface area contributed by atoms with Crippen LogP contribution in [-0.4, -0.2) is 28.8 Å². The topological polar surface area (TPSA) is 58.2 Å². The van der Waals surface area contributed by atoms with Crippen LogP contribution < -0.4 is 10.6 Å². The van der Waals surface area contributed by atoms with Crippen LogP contribution >= 0.6 is 22.6 Å². The van der Waals surface area contributed by atoms with E-state index >= 15 is 0 Å². The zero-order chi connectivity index (χ0) is 15.7. The standard InChI is InChI=1S/C16H23IN2O2/c1-12(2)8-9-18-16(21)14(19-15(20)11-17)10-13-6-4-3-5-7-13/h3-7,12,14H,8-11H2,1-2H3,(H,18,21)(H,19,20)/t14-/m0/s1. The molecular formula is C16H23IN2O2. The average Bonchev–Trinajstić information content (AvgIpc) is 2.47. The van der Waals surface area contributed by atoms with E-state index in [0.29, 0.717) is 23.3 Å². The lowest BCUT2D eigenvalue weighted by molar-refractivity contribution is -0.127. The molecular weight excluding hydrogens is 379 g/mol. The highest BCUT2D eigenvalue weighted by molar-refractivity contribution is 14.1. The van der Waals surface area contributed by atoms with Crippen LogP contribution in [-0.2, 0) is 16.0 Å². The van der Waals surface area contributed by atoms with Gasteiger partial charge in [-0.15, -0.1) is 0 Å². The lowest BCUT2D eigenvalue weighted by Gasteiger charge is -2.18. The van der Waals surface area contributed by atoms with Crippen molar-refractivity contribution < 1.29 is 9.59 Å². The summed E-state index contributed by atoms with van der Waals surface area (Å²) in [4.78, 5) is 23.9. The van der Waals surface area contributed by atoms with E-state index in [-0.39, 0.29) is 11.8 Å². The molecule has 0 aromatic heterocycles. The van der Waals surface area contributed by atoms with Crippen molar-refractivity contribution in [3.05, 3.63) is 35.9 Å². The van der Waals surface area contributed by atoms with E-state index in [2.05, 4.69) is 24.5 Å². The van der Waals surface area contributed by atoms with Crippen molar-refractivity contribution in [2.24, 2.45) is 5.92 Å². The first-order valence-corrected chi connectivity index (χ1v) is 8.72. The number of carbonyl (C=O) groups is 2. The van der Waals surface area contributed by atoms with Gasteiger partial charge in [-0.1, -0.05) is 66.8 Å². The molecule has 0 spiro atoms. The molecule has 1 rings (SSSR count). The van der Waals surface area contributed by atoms with Gasteiger partial charge in [0.05, 0.1) is 4.43 Å². The normalized spacial score (nSPS) is 12.0. The van der Waals surface area contributed by atoms with Crippen LogP contribution in [0.4, 0.5) is 0 Å². The second-order valence-electron chi connectivity index (χ2n) is 5.42. The van der Waals surface area contributed by atoms with E-state index in [4.69, 9.17) is 0 Å². The number of amides is 2. The average molecular weight is 402 g/mol. The summed E-state index contributed by atoms with van der Waals surface area (Å²) in [5, 5.41) is 5.70. The molecule has 1 aromatic carbocycles. The molecule has 0 radical (unpaired) electrons. The van der Waals surface area contributed by atoms with Gasteiger partial charge in [-0.2, -0.15) is 0 Å². The Morgan fingerprint density at radius 2 is 1.86 bits per heavy atom. The molecule has 5 heteroatoms. The van der Waals surface area contributed by atoms with Crippen LogP contribution in [0, 0.1) is 5.92 Å². The maximum atomic E-state index is 12.3. The van der Waals surface area contributed by atoms with Gasteiger partial charge in [-0.25, -0.2) is 0 Å². The first-order valence-electron chi connectivity index (χ1n) is 7.20. The number of halogens is 1. The quantitative estimate of drug-likeness (QED) is 0.518. The third-order valence-corrected chi connectivity index (χ3v) is 3.77. The van der Waals surface area contributed by atoms with Crippen molar-refractivity contribution in [1.29, 1.82) is 0 Å². The number of alkyl halides is 1. The van der Waals surface area contributed by atoms with E-state index in [1.807, 2.05) is 52.9 Å². The molecule has 2 N–H and O–H groups in total. The molecule has 0 saturated heterocycles. The zero-order valence-corrected chi connectivity index (χ0v) is 14.7. The minimum Gasteiger partial charge on any atom is -0.354 e. The fourth-order valence-corrected chi connectivity index (χ4v) is 2.12. The van der Waals surface area contributed by atoms with Crippen LogP contribution in [0.25, 0.3) is 0 Å². The van der Waals surface area contributed by atoms with Gasteiger partial charge in [-0.3, -0.25) is 9.59 Å². The molecule has 0 aliphatic carbocycles. The molecule has 116 valence electrons. The highest BCUT2D eigenvalue weighted by atomic mass is 127. The highest BCUT2D eigenvalue weighted by Crippen LogP contribution is 2.04. The molecule has 0 aliphatic heterocycles. The Balaban J connectivity index is 2.63. The second kappa shape index (κ2) is 9.76. The van der Waals surface area contributed by atoms with Gasteiger partial charge in [0.1, 0.15) is 6.04 Å². The summed E-state index contributed by atoms with van der Waals surface area (Å²) in [6.45, 7) is 4.87. The molecule has 2 amide bonds. The molecule has 1 aromatic rings. The van der Waals surface area contributed by atoms with Gasteiger partial charge in [-0.05, 0) is 17.9 Å². The molecule has 0 fully saturated rings. The first-order chi connectivity index (χ1) is 10.0. The van der Waals surface area contributed by atoms with E-state index in [1.54, 1.807) is 0 Å². The second-order valence-corrected chi connectivity index (χ2v) is 6.18. The molecule has 1 atom stereocenters. The zero-order valence-electron chi connectivity index (χ0n) is 12.6. The van der Waals surface area contributed by atoms with Crippen LogP contribution in [0.1, 0.15) is 25.8 Å². The third-order valence-electron chi connectivity index (χ3n) is 3.08. The monoisotopic (exact) mass is 402 g/mol. The predicted octanol–water partition coefficient (Wildman–Crippen LogP) is 2.31. The van der Waals surface area contributed by atoms with Crippen molar-refractivity contribution in [2.75, 3.05) is 11.0 Å². The van der Waals surface area contributed by atoms with E-state index < -0.39 is 6.04 Å². The summed E-state index contributed by atoms with van der Waals surface area (Å²) in [7, 11) is 0. The Morgan fingerprint density at radius 3 is 2.43 bits per heavy atom. The number of hydrogen-bond donors (Lipinski definition) is 2. The molecule has 0 heterocycles. The number of rotatable bonds is 8. The first kappa shape index (κ1) is 17.9.